The van der Waals surface area contributed by atoms with E-state index in [0.29, 0.717) is 5.76 Å². The SMILES string of the molecule is Cc1ccc(-c2ccco2)c(F)c1F. The second-order valence-electron chi connectivity index (χ2n) is 3.04. The first-order valence-corrected chi connectivity index (χ1v) is 4.18. The zero-order chi connectivity index (χ0) is 10.1. The van der Waals surface area contributed by atoms with Gasteiger partial charge in [-0.3, -0.25) is 0 Å². The monoisotopic (exact) mass is 194 g/mol. The quantitative estimate of drug-likeness (QED) is 0.676. The van der Waals surface area contributed by atoms with Crippen LogP contribution in [0.25, 0.3) is 11.3 Å². The first kappa shape index (κ1) is 8.94. The molecule has 0 aliphatic heterocycles. The number of hydrogen-bond donors (Lipinski definition) is 0. The number of halogens is 2. The van der Waals surface area contributed by atoms with Crippen LogP contribution in [0.15, 0.2) is 34.9 Å². The molecule has 0 aliphatic carbocycles. The van der Waals surface area contributed by atoms with Crippen molar-refractivity contribution in [2.75, 3.05) is 0 Å². The van der Waals surface area contributed by atoms with Gasteiger partial charge in [0.15, 0.2) is 11.6 Å². The Labute approximate surface area is 80.0 Å². The highest BCUT2D eigenvalue weighted by atomic mass is 19.2. The molecule has 0 radical (unpaired) electrons. The van der Waals surface area contributed by atoms with Crippen molar-refractivity contribution in [2.45, 2.75) is 6.92 Å². The standard InChI is InChI=1S/C11H8F2O/c1-7-4-5-8(11(13)10(7)12)9-3-2-6-14-9/h2-6H,1H3. The normalized spacial score (nSPS) is 10.5. The highest BCUT2D eigenvalue weighted by Crippen LogP contribution is 2.26. The Bertz CT molecular complexity index is 447. The summed E-state index contributed by atoms with van der Waals surface area (Å²) < 4.78 is 31.5. The van der Waals surface area contributed by atoms with Gasteiger partial charge >= 0.3 is 0 Å². The van der Waals surface area contributed by atoms with Crippen LogP contribution in [0, 0.1) is 18.6 Å². The molecule has 3 heteroatoms. The van der Waals surface area contributed by atoms with E-state index in [1.807, 2.05) is 0 Å². The van der Waals surface area contributed by atoms with E-state index in [0.717, 1.165) is 0 Å². The first-order chi connectivity index (χ1) is 6.70. The molecule has 0 saturated carbocycles. The summed E-state index contributed by atoms with van der Waals surface area (Å²) in [5, 5.41) is 0. The van der Waals surface area contributed by atoms with Crippen LogP contribution in [-0.2, 0) is 0 Å². The molecule has 0 spiro atoms. The summed E-state index contributed by atoms with van der Waals surface area (Å²) in [7, 11) is 0. The lowest BCUT2D eigenvalue weighted by Crippen LogP contribution is -1.91. The van der Waals surface area contributed by atoms with Gasteiger partial charge in [0.25, 0.3) is 0 Å². The maximum absolute atomic E-state index is 13.4. The molecule has 1 heterocycles. The van der Waals surface area contributed by atoms with Crippen LogP contribution in [0.2, 0.25) is 0 Å². The fourth-order valence-corrected chi connectivity index (χ4v) is 1.27. The highest BCUT2D eigenvalue weighted by molar-refractivity contribution is 5.58. The van der Waals surface area contributed by atoms with E-state index >= 15 is 0 Å². The summed E-state index contributed by atoms with van der Waals surface area (Å²) in [6.45, 7) is 1.52. The van der Waals surface area contributed by atoms with Gasteiger partial charge in [-0.1, -0.05) is 6.07 Å². The molecule has 1 nitrogen and oxygen atoms in total. The fourth-order valence-electron chi connectivity index (χ4n) is 1.27. The Balaban J connectivity index is 2.61. The lowest BCUT2D eigenvalue weighted by atomic mass is 10.1. The molecular weight excluding hydrogens is 186 g/mol. The van der Waals surface area contributed by atoms with E-state index in [1.54, 1.807) is 12.1 Å². The zero-order valence-corrected chi connectivity index (χ0v) is 7.55. The van der Waals surface area contributed by atoms with Crippen LogP contribution in [0.4, 0.5) is 8.78 Å². The summed E-state index contributed by atoms with van der Waals surface area (Å²) >= 11 is 0. The minimum atomic E-state index is -0.861. The predicted octanol–water partition coefficient (Wildman–Crippen LogP) is 3.53. The maximum atomic E-state index is 13.4. The van der Waals surface area contributed by atoms with Gasteiger partial charge in [0, 0.05) is 0 Å². The van der Waals surface area contributed by atoms with Gasteiger partial charge in [-0.15, -0.1) is 0 Å². The molecule has 1 aromatic carbocycles. The largest absolute Gasteiger partial charge is 0.464 e. The minimum absolute atomic E-state index is 0.151. The number of aryl methyl sites for hydroxylation is 1. The van der Waals surface area contributed by atoms with Gasteiger partial charge in [-0.05, 0) is 30.7 Å². The third-order valence-corrected chi connectivity index (χ3v) is 2.06. The van der Waals surface area contributed by atoms with E-state index in [4.69, 9.17) is 4.42 Å². The number of furan rings is 1. The molecule has 0 atom stereocenters. The van der Waals surface area contributed by atoms with Crippen molar-refractivity contribution >= 4 is 0 Å². The van der Waals surface area contributed by atoms with Crippen LogP contribution < -0.4 is 0 Å². The molecule has 2 rings (SSSR count). The van der Waals surface area contributed by atoms with E-state index < -0.39 is 11.6 Å². The third kappa shape index (κ3) is 1.31. The van der Waals surface area contributed by atoms with E-state index in [1.165, 1.54) is 25.3 Å². The molecule has 0 fully saturated rings. The summed E-state index contributed by atoms with van der Waals surface area (Å²) in [6.07, 6.45) is 1.42. The molecule has 0 amide bonds. The lowest BCUT2D eigenvalue weighted by molar-refractivity contribution is 0.499. The molecule has 2 aromatic rings. The molecule has 1 aromatic heterocycles. The molecule has 0 aliphatic rings. The Morgan fingerprint density at radius 1 is 1.07 bits per heavy atom. The highest BCUT2D eigenvalue weighted by Gasteiger charge is 2.13. The number of hydrogen-bond acceptors (Lipinski definition) is 1. The van der Waals surface area contributed by atoms with Crippen LogP contribution in [0.5, 0.6) is 0 Å². The second-order valence-corrected chi connectivity index (χ2v) is 3.04. The number of benzene rings is 1. The van der Waals surface area contributed by atoms with Crippen molar-refractivity contribution in [2.24, 2.45) is 0 Å². The van der Waals surface area contributed by atoms with Crippen LogP contribution >= 0.6 is 0 Å². The van der Waals surface area contributed by atoms with E-state index in [-0.39, 0.29) is 11.1 Å². The number of rotatable bonds is 1. The van der Waals surface area contributed by atoms with Crippen molar-refractivity contribution in [3.05, 3.63) is 47.7 Å². The maximum Gasteiger partial charge on any atom is 0.170 e. The average molecular weight is 194 g/mol. The molecule has 72 valence electrons. The van der Waals surface area contributed by atoms with Crippen molar-refractivity contribution in [3.8, 4) is 11.3 Å². The van der Waals surface area contributed by atoms with Gasteiger partial charge in [-0.25, -0.2) is 8.78 Å². The molecule has 14 heavy (non-hydrogen) atoms. The van der Waals surface area contributed by atoms with Crippen molar-refractivity contribution in [1.29, 1.82) is 0 Å². The Morgan fingerprint density at radius 3 is 2.50 bits per heavy atom. The molecule has 0 saturated heterocycles. The second kappa shape index (κ2) is 3.25. The van der Waals surface area contributed by atoms with Crippen LogP contribution in [-0.4, -0.2) is 0 Å². The molecular formula is C11H8F2O. The lowest BCUT2D eigenvalue weighted by Gasteiger charge is -2.02. The minimum Gasteiger partial charge on any atom is -0.464 e. The Hall–Kier alpha value is -1.64. The van der Waals surface area contributed by atoms with Gasteiger partial charge in [-0.2, -0.15) is 0 Å². The summed E-state index contributed by atoms with van der Waals surface area (Å²) in [5.74, 6) is -1.35. The summed E-state index contributed by atoms with van der Waals surface area (Å²) in [4.78, 5) is 0. The predicted molar refractivity (Wildman–Crippen MR) is 48.8 cm³/mol. The molecule has 0 N–H and O–H groups in total. The smallest absolute Gasteiger partial charge is 0.170 e. The third-order valence-electron chi connectivity index (χ3n) is 2.06. The molecule has 0 unspecified atom stereocenters. The average Bonchev–Trinajstić information content (AvgIpc) is 2.67. The van der Waals surface area contributed by atoms with Crippen LogP contribution in [0.1, 0.15) is 5.56 Å². The fraction of sp³-hybridized carbons (Fsp3) is 0.0909. The van der Waals surface area contributed by atoms with Gasteiger partial charge in [0.1, 0.15) is 5.76 Å². The van der Waals surface area contributed by atoms with Gasteiger partial charge < -0.3 is 4.42 Å². The van der Waals surface area contributed by atoms with Crippen LogP contribution in [0.3, 0.4) is 0 Å². The van der Waals surface area contributed by atoms with E-state index in [2.05, 4.69) is 0 Å². The Morgan fingerprint density at radius 2 is 1.86 bits per heavy atom. The molecule has 0 bridgehead atoms. The first-order valence-electron chi connectivity index (χ1n) is 4.18. The summed E-state index contributed by atoms with van der Waals surface area (Å²) in [5.41, 5.74) is 0.441. The van der Waals surface area contributed by atoms with Crippen molar-refractivity contribution in [3.63, 3.8) is 0 Å². The van der Waals surface area contributed by atoms with Gasteiger partial charge in [0.2, 0.25) is 0 Å². The van der Waals surface area contributed by atoms with E-state index in [9.17, 15) is 8.78 Å². The van der Waals surface area contributed by atoms with Crippen molar-refractivity contribution in [1.82, 2.24) is 0 Å². The zero-order valence-electron chi connectivity index (χ0n) is 7.55. The Kier molecular flexibility index (Phi) is 2.08. The van der Waals surface area contributed by atoms with Crippen molar-refractivity contribution < 1.29 is 13.2 Å². The topological polar surface area (TPSA) is 13.1 Å². The summed E-state index contributed by atoms with van der Waals surface area (Å²) in [6, 6.07) is 6.25. The van der Waals surface area contributed by atoms with Gasteiger partial charge in [0.05, 0.1) is 11.8 Å².